The van der Waals surface area contributed by atoms with E-state index in [-0.39, 0.29) is 10.0 Å². The Kier molecular flexibility index (Phi) is 4.03. The highest BCUT2D eigenvalue weighted by atomic mass is 79.9. The predicted molar refractivity (Wildman–Crippen MR) is 68.1 cm³/mol. The first kappa shape index (κ1) is 12.8. The minimum atomic E-state index is -2.02. The quantitative estimate of drug-likeness (QED) is 0.876. The SMILES string of the molecule is O=S(O)c1cnc(Cc2ccc(Br)cc2F)s1. The van der Waals surface area contributed by atoms with Crippen LogP contribution in [0.4, 0.5) is 4.39 Å². The number of thiazole rings is 1. The van der Waals surface area contributed by atoms with Crippen molar-refractivity contribution < 1.29 is 13.2 Å². The molecule has 0 aliphatic rings. The van der Waals surface area contributed by atoms with Gasteiger partial charge in [0.2, 0.25) is 0 Å². The first-order chi connectivity index (χ1) is 8.06. The molecule has 0 aliphatic carbocycles. The summed E-state index contributed by atoms with van der Waals surface area (Å²) in [5.74, 6) is -0.318. The highest BCUT2D eigenvalue weighted by molar-refractivity contribution is 9.10. The molecule has 1 atom stereocenters. The smallest absolute Gasteiger partial charge is 0.198 e. The van der Waals surface area contributed by atoms with Gasteiger partial charge in [-0.3, -0.25) is 0 Å². The molecule has 0 amide bonds. The molecule has 0 radical (unpaired) electrons. The van der Waals surface area contributed by atoms with Crippen molar-refractivity contribution in [3.8, 4) is 0 Å². The Morgan fingerprint density at radius 1 is 1.53 bits per heavy atom. The third kappa shape index (κ3) is 3.19. The number of hydrogen-bond donors (Lipinski definition) is 1. The zero-order valence-electron chi connectivity index (χ0n) is 8.39. The van der Waals surface area contributed by atoms with Gasteiger partial charge in [0.1, 0.15) is 10.0 Å². The lowest BCUT2D eigenvalue weighted by Crippen LogP contribution is -1.91. The highest BCUT2D eigenvalue weighted by Crippen LogP contribution is 2.22. The largest absolute Gasteiger partial charge is 0.302 e. The lowest BCUT2D eigenvalue weighted by Gasteiger charge is -2.00. The summed E-state index contributed by atoms with van der Waals surface area (Å²) in [6.07, 6.45) is 1.66. The molecule has 90 valence electrons. The van der Waals surface area contributed by atoms with Crippen LogP contribution in [0, 0.1) is 5.82 Å². The van der Waals surface area contributed by atoms with Crippen LogP contribution in [0.25, 0.3) is 0 Å². The molecule has 2 rings (SSSR count). The van der Waals surface area contributed by atoms with E-state index in [2.05, 4.69) is 20.9 Å². The number of rotatable bonds is 3. The Morgan fingerprint density at radius 2 is 2.29 bits per heavy atom. The average molecular weight is 336 g/mol. The Bertz CT molecular complexity index is 573. The van der Waals surface area contributed by atoms with Gasteiger partial charge in [-0.15, -0.1) is 11.3 Å². The van der Waals surface area contributed by atoms with E-state index in [9.17, 15) is 8.60 Å². The summed E-state index contributed by atoms with van der Waals surface area (Å²) >= 11 is 2.27. The van der Waals surface area contributed by atoms with Gasteiger partial charge in [0.25, 0.3) is 0 Å². The van der Waals surface area contributed by atoms with Gasteiger partial charge in [-0.25, -0.2) is 13.6 Å². The van der Waals surface area contributed by atoms with Gasteiger partial charge >= 0.3 is 0 Å². The van der Waals surface area contributed by atoms with Crippen LogP contribution in [-0.2, 0) is 17.5 Å². The molecule has 0 saturated heterocycles. The summed E-state index contributed by atoms with van der Waals surface area (Å²) in [4.78, 5) is 3.98. The van der Waals surface area contributed by atoms with E-state index < -0.39 is 11.1 Å². The Hall–Kier alpha value is -0.630. The summed E-state index contributed by atoms with van der Waals surface area (Å²) in [5, 5.41) is 0.614. The minimum absolute atomic E-state index is 0.275. The topological polar surface area (TPSA) is 50.2 Å². The molecule has 3 nitrogen and oxygen atoms in total. The van der Waals surface area contributed by atoms with E-state index in [1.165, 1.54) is 12.3 Å². The van der Waals surface area contributed by atoms with Crippen LogP contribution in [0.15, 0.2) is 33.1 Å². The van der Waals surface area contributed by atoms with Crippen molar-refractivity contribution in [1.29, 1.82) is 0 Å². The lowest BCUT2D eigenvalue weighted by atomic mass is 10.1. The van der Waals surface area contributed by atoms with Crippen LogP contribution >= 0.6 is 27.3 Å². The number of hydrogen-bond acceptors (Lipinski definition) is 3. The Balaban J connectivity index is 2.22. The van der Waals surface area contributed by atoms with Crippen LogP contribution < -0.4 is 0 Å². The van der Waals surface area contributed by atoms with Gasteiger partial charge in [0.05, 0.1) is 11.2 Å². The standard InChI is InChI=1S/C10H7BrFNO2S2/c11-7-2-1-6(8(12)4-7)3-9-13-5-10(16-9)17(14)15/h1-2,4-5H,3H2,(H,14,15). The summed E-state index contributed by atoms with van der Waals surface area (Å²) < 4.78 is 34.1. The van der Waals surface area contributed by atoms with Crippen molar-refractivity contribution >= 4 is 38.3 Å². The second-order valence-electron chi connectivity index (χ2n) is 3.23. The van der Waals surface area contributed by atoms with Crippen LogP contribution in [0.1, 0.15) is 10.6 Å². The zero-order chi connectivity index (χ0) is 12.4. The molecule has 1 heterocycles. The van der Waals surface area contributed by atoms with Gasteiger partial charge in [-0.05, 0) is 17.7 Å². The van der Waals surface area contributed by atoms with Gasteiger partial charge in [-0.1, -0.05) is 22.0 Å². The molecule has 1 aromatic heterocycles. The van der Waals surface area contributed by atoms with Crippen molar-refractivity contribution in [3.05, 3.63) is 45.3 Å². The van der Waals surface area contributed by atoms with Crippen molar-refractivity contribution in [1.82, 2.24) is 4.98 Å². The predicted octanol–water partition coefficient (Wildman–Crippen LogP) is 3.22. The van der Waals surface area contributed by atoms with E-state index in [0.717, 1.165) is 11.3 Å². The van der Waals surface area contributed by atoms with E-state index in [1.807, 2.05) is 0 Å². The molecule has 0 saturated carbocycles. The molecule has 1 unspecified atom stereocenters. The molecular weight excluding hydrogens is 329 g/mol. The number of benzene rings is 1. The zero-order valence-corrected chi connectivity index (χ0v) is 11.6. The monoisotopic (exact) mass is 335 g/mol. The molecule has 2 aromatic rings. The molecule has 0 spiro atoms. The maximum atomic E-state index is 13.5. The van der Waals surface area contributed by atoms with Crippen molar-refractivity contribution in [2.75, 3.05) is 0 Å². The molecule has 0 fully saturated rings. The highest BCUT2D eigenvalue weighted by Gasteiger charge is 2.10. The van der Waals surface area contributed by atoms with Crippen molar-refractivity contribution in [3.63, 3.8) is 0 Å². The van der Waals surface area contributed by atoms with Crippen molar-refractivity contribution in [2.45, 2.75) is 10.6 Å². The second kappa shape index (κ2) is 5.34. The molecular formula is C10H7BrFNO2S2. The molecule has 1 aromatic carbocycles. The number of aromatic nitrogens is 1. The van der Waals surface area contributed by atoms with Gasteiger partial charge < -0.3 is 4.55 Å². The summed E-state index contributed by atoms with van der Waals surface area (Å²) in [7, 11) is 0. The fourth-order valence-electron chi connectivity index (χ4n) is 1.28. The summed E-state index contributed by atoms with van der Waals surface area (Å²) in [5.41, 5.74) is 0.512. The van der Waals surface area contributed by atoms with E-state index in [1.54, 1.807) is 12.1 Å². The van der Waals surface area contributed by atoms with Crippen LogP contribution in [0.5, 0.6) is 0 Å². The minimum Gasteiger partial charge on any atom is -0.302 e. The second-order valence-corrected chi connectivity index (χ2v) is 6.46. The van der Waals surface area contributed by atoms with Crippen LogP contribution in [0.3, 0.4) is 0 Å². The summed E-state index contributed by atoms with van der Waals surface area (Å²) in [6.45, 7) is 0. The third-order valence-electron chi connectivity index (χ3n) is 2.06. The molecule has 0 bridgehead atoms. The maximum Gasteiger partial charge on any atom is 0.198 e. The number of halogens is 2. The Morgan fingerprint density at radius 3 is 2.88 bits per heavy atom. The first-order valence-corrected chi connectivity index (χ1v) is 7.27. The molecule has 7 heteroatoms. The maximum absolute atomic E-state index is 13.5. The lowest BCUT2D eigenvalue weighted by molar-refractivity contribution is 0.566. The number of nitrogens with zero attached hydrogens (tertiary/aromatic N) is 1. The van der Waals surface area contributed by atoms with E-state index in [0.29, 0.717) is 21.5 Å². The van der Waals surface area contributed by atoms with Gasteiger partial charge in [0, 0.05) is 10.9 Å². The average Bonchev–Trinajstić information content (AvgIpc) is 2.71. The van der Waals surface area contributed by atoms with Gasteiger partial charge in [0.15, 0.2) is 11.1 Å². The normalized spacial score (nSPS) is 12.6. The molecule has 17 heavy (non-hydrogen) atoms. The van der Waals surface area contributed by atoms with Crippen LogP contribution in [0.2, 0.25) is 0 Å². The van der Waals surface area contributed by atoms with Gasteiger partial charge in [-0.2, -0.15) is 0 Å². The third-order valence-corrected chi connectivity index (χ3v) is 4.47. The fourth-order valence-corrected chi connectivity index (χ4v) is 3.00. The van der Waals surface area contributed by atoms with E-state index >= 15 is 0 Å². The van der Waals surface area contributed by atoms with E-state index in [4.69, 9.17) is 4.55 Å². The van der Waals surface area contributed by atoms with Crippen molar-refractivity contribution in [2.24, 2.45) is 0 Å². The first-order valence-electron chi connectivity index (χ1n) is 4.56. The molecule has 0 aliphatic heterocycles. The van der Waals surface area contributed by atoms with Crippen LogP contribution in [-0.4, -0.2) is 13.7 Å². The molecule has 1 N–H and O–H groups in total. The Labute approximate surface area is 112 Å². The fraction of sp³-hybridized carbons (Fsp3) is 0.100. The summed E-state index contributed by atoms with van der Waals surface area (Å²) in [6, 6.07) is 4.79.